The van der Waals surface area contributed by atoms with Gasteiger partial charge in [-0.2, -0.15) is 13.2 Å². The van der Waals surface area contributed by atoms with E-state index in [9.17, 15) is 18.0 Å². The summed E-state index contributed by atoms with van der Waals surface area (Å²) in [6, 6.07) is 9.99. The molecule has 0 fully saturated rings. The SMILES string of the molecule is O=C(Nc1ccccc1C(F)(F)F)c1csc(Nc2ccc3c(c2)OCO3)n1. The Balaban J connectivity index is 1.48. The predicted octanol–water partition coefficient (Wildman–Crippen LogP) is 4.89. The van der Waals surface area contributed by atoms with Crippen molar-refractivity contribution in [2.45, 2.75) is 6.18 Å². The van der Waals surface area contributed by atoms with E-state index in [1.807, 2.05) is 0 Å². The molecule has 0 saturated heterocycles. The molecule has 1 aliphatic heterocycles. The first-order valence-electron chi connectivity index (χ1n) is 8.00. The van der Waals surface area contributed by atoms with Crippen LogP contribution in [-0.4, -0.2) is 17.7 Å². The van der Waals surface area contributed by atoms with Crippen LogP contribution >= 0.6 is 11.3 Å². The second kappa shape index (κ2) is 7.04. The summed E-state index contributed by atoms with van der Waals surface area (Å²) in [4.78, 5) is 16.4. The van der Waals surface area contributed by atoms with Gasteiger partial charge in [-0.05, 0) is 24.3 Å². The number of carbonyl (C=O) groups excluding carboxylic acids is 1. The van der Waals surface area contributed by atoms with Gasteiger partial charge in [0.05, 0.1) is 11.3 Å². The fraction of sp³-hybridized carbons (Fsp3) is 0.111. The molecule has 28 heavy (non-hydrogen) atoms. The number of ether oxygens (including phenoxy) is 2. The monoisotopic (exact) mass is 407 g/mol. The number of rotatable bonds is 4. The lowest BCUT2D eigenvalue weighted by Crippen LogP contribution is -2.16. The summed E-state index contributed by atoms with van der Waals surface area (Å²) >= 11 is 1.15. The quantitative estimate of drug-likeness (QED) is 0.645. The molecule has 2 aromatic carbocycles. The molecule has 0 bridgehead atoms. The molecule has 144 valence electrons. The molecular weight excluding hydrogens is 395 g/mol. The Morgan fingerprint density at radius 1 is 1.11 bits per heavy atom. The number of aromatic nitrogens is 1. The molecule has 0 unspecified atom stereocenters. The summed E-state index contributed by atoms with van der Waals surface area (Å²) in [6.07, 6.45) is -4.57. The molecule has 1 aromatic heterocycles. The van der Waals surface area contributed by atoms with E-state index in [0.717, 1.165) is 17.4 Å². The number of nitrogens with one attached hydrogen (secondary N) is 2. The number of anilines is 3. The minimum absolute atomic E-state index is 0.00483. The number of para-hydroxylation sites is 1. The summed E-state index contributed by atoms with van der Waals surface area (Å²) in [7, 11) is 0. The normalized spacial score (nSPS) is 12.7. The number of hydrogen-bond donors (Lipinski definition) is 2. The average Bonchev–Trinajstić information content (AvgIpc) is 3.30. The maximum atomic E-state index is 13.0. The number of fused-ring (bicyclic) bond motifs is 1. The van der Waals surface area contributed by atoms with Crippen molar-refractivity contribution < 1.29 is 27.4 Å². The number of halogens is 3. The highest BCUT2D eigenvalue weighted by Crippen LogP contribution is 2.36. The highest BCUT2D eigenvalue weighted by atomic mass is 32.1. The second-order valence-corrected chi connectivity index (χ2v) is 6.59. The minimum atomic E-state index is -4.57. The first kappa shape index (κ1) is 18.1. The van der Waals surface area contributed by atoms with Gasteiger partial charge in [-0.1, -0.05) is 12.1 Å². The van der Waals surface area contributed by atoms with Gasteiger partial charge in [-0.25, -0.2) is 4.98 Å². The molecule has 0 radical (unpaired) electrons. The van der Waals surface area contributed by atoms with Gasteiger partial charge in [0.15, 0.2) is 16.6 Å². The van der Waals surface area contributed by atoms with Gasteiger partial charge in [0.1, 0.15) is 5.69 Å². The van der Waals surface area contributed by atoms with Gasteiger partial charge in [0, 0.05) is 17.1 Å². The number of benzene rings is 2. The maximum absolute atomic E-state index is 13.0. The van der Waals surface area contributed by atoms with E-state index in [1.54, 1.807) is 18.2 Å². The number of carbonyl (C=O) groups is 1. The summed E-state index contributed by atoms with van der Waals surface area (Å²) < 4.78 is 49.7. The van der Waals surface area contributed by atoms with Crippen LogP contribution in [0.5, 0.6) is 11.5 Å². The van der Waals surface area contributed by atoms with Gasteiger partial charge in [-0.15, -0.1) is 11.3 Å². The molecule has 0 spiro atoms. The molecule has 2 N–H and O–H groups in total. The van der Waals surface area contributed by atoms with E-state index in [0.29, 0.717) is 22.3 Å². The number of nitrogens with zero attached hydrogens (tertiary/aromatic N) is 1. The zero-order valence-corrected chi connectivity index (χ0v) is 14.9. The average molecular weight is 407 g/mol. The zero-order chi connectivity index (χ0) is 19.7. The number of hydrogen-bond acceptors (Lipinski definition) is 6. The third-order valence-electron chi connectivity index (χ3n) is 3.84. The first-order valence-corrected chi connectivity index (χ1v) is 8.88. The van der Waals surface area contributed by atoms with Crippen molar-refractivity contribution in [1.82, 2.24) is 4.98 Å². The molecule has 1 aliphatic rings. The standard InChI is InChI=1S/C18H12F3N3O3S/c19-18(20,21)11-3-1-2-4-12(11)23-16(25)13-8-28-17(24-13)22-10-5-6-14-15(7-10)27-9-26-14/h1-8H,9H2,(H,22,24)(H,23,25). The fourth-order valence-electron chi connectivity index (χ4n) is 2.56. The van der Waals surface area contributed by atoms with Crippen LogP contribution < -0.4 is 20.1 Å². The van der Waals surface area contributed by atoms with Gasteiger partial charge < -0.3 is 20.1 Å². The lowest BCUT2D eigenvalue weighted by molar-refractivity contribution is -0.136. The summed E-state index contributed by atoms with van der Waals surface area (Å²) in [5.74, 6) is 0.489. The van der Waals surface area contributed by atoms with Crippen molar-refractivity contribution in [2.24, 2.45) is 0 Å². The molecular formula is C18H12F3N3O3S. The smallest absolute Gasteiger partial charge is 0.418 e. The molecule has 2 heterocycles. The number of thiazole rings is 1. The van der Waals surface area contributed by atoms with Crippen LogP contribution in [0, 0.1) is 0 Å². The van der Waals surface area contributed by atoms with Crippen LogP contribution in [0.25, 0.3) is 0 Å². The van der Waals surface area contributed by atoms with Crippen molar-refractivity contribution in [3.63, 3.8) is 0 Å². The maximum Gasteiger partial charge on any atom is 0.418 e. The Bertz CT molecular complexity index is 1040. The molecule has 0 atom stereocenters. The topological polar surface area (TPSA) is 72.5 Å². The van der Waals surface area contributed by atoms with Crippen molar-refractivity contribution in [3.05, 3.63) is 59.1 Å². The Morgan fingerprint density at radius 2 is 1.89 bits per heavy atom. The van der Waals surface area contributed by atoms with Crippen molar-refractivity contribution >= 4 is 33.8 Å². The van der Waals surface area contributed by atoms with Gasteiger partial charge >= 0.3 is 6.18 Å². The molecule has 3 aromatic rings. The van der Waals surface area contributed by atoms with E-state index in [-0.39, 0.29) is 18.2 Å². The first-order chi connectivity index (χ1) is 13.4. The molecule has 10 heteroatoms. The molecule has 6 nitrogen and oxygen atoms in total. The van der Waals surface area contributed by atoms with E-state index >= 15 is 0 Å². The van der Waals surface area contributed by atoms with Gasteiger partial charge in [0.2, 0.25) is 6.79 Å². The van der Waals surface area contributed by atoms with Crippen LogP contribution in [0.4, 0.5) is 29.7 Å². The lowest BCUT2D eigenvalue weighted by atomic mass is 10.1. The van der Waals surface area contributed by atoms with E-state index < -0.39 is 17.6 Å². The highest BCUT2D eigenvalue weighted by Gasteiger charge is 2.33. The van der Waals surface area contributed by atoms with Crippen LogP contribution in [-0.2, 0) is 6.18 Å². The third-order valence-corrected chi connectivity index (χ3v) is 4.60. The largest absolute Gasteiger partial charge is 0.454 e. The van der Waals surface area contributed by atoms with Gasteiger partial charge in [-0.3, -0.25) is 4.79 Å². The molecule has 0 saturated carbocycles. The Labute approximate surface area is 160 Å². The van der Waals surface area contributed by atoms with E-state index in [2.05, 4.69) is 15.6 Å². The van der Waals surface area contributed by atoms with Crippen molar-refractivity contribution in [1.29, 1.82) is 0 Å². The van der Waals surface area contributed by atoms with Crippen molar-refractivity contribution in [3.8, 4) is 11.5 Å². The Kier molecular flexibility index (Phi) is 4.55. The summed E-state index contributed by atoms with van der Waals surface area (Å²) in [6.45, 7) is 0.153. The summed E-state index contributed by atoms with van der Waals surface area (Å²) in [5.41, 5.74) is -0.561. The van der Waals surface area contributed by atoms with Crippen molar-refractivity contribution in [2.75, 3.05) is 17.4 Å². The second-order valence-electron chi connectivity index (χ2n) is 5.73. The molecule has 4 rings (SSSR count). The zero-order valence-electron chi connectivity index (χ0n) is 14.0. The van der Waals surface area contributed by atoms with E-state index in [1.165, 1.54) is 23.6 Å². The lowest BCUT2D eigenvalue weighted by Gasteiger charge is -2.12. The Morgan fingerprint density at radius 3 is 2.71 bits per heavy atom. The predicted molar refractivity (Wildman–Crippen MR) is 97.4 cm³/mol. The van der Waals surface area contributed by atoms with Crippen LogP contribution in [0.2, 0.25) is 0 Å². The summed E-state index contributed by atoms with van der Waals surface area (Å²) in [5, 5.41) is 7.16. The van der Waals surface area contributed by atoms with Crippen LogP contribution in [0.3, 0.4) is 0 Å². The van der Waals surface area contributed by atoms with E-state index in [4.69, 9.17) is 9.47 Å². The minimum Gasteiger partial charge on any atom is -0.454 e. The molecule has 0 aliphatic carbocycles. The number of amides is 1. The number of alkyl halides is 3. The van der Waals surface area contributed by atoms with Crippen LogP contribution in [0.1, 0.15) is 16.1 Å². The molecule has 1 amide bonds. The highest BCUT2D eigenvalue weighted by molar-refractivity contribution is 7.14. The van der Waals surface area contributed by atoms with Crippen LogP contribution in [0.15, 0.2) is 47.8 Å². The fourth-order valence-corrected chi connectivity index (χ4v) is 3.27. The Hall–Kier alpha value is -3.27. The van der Waals surface area contributed by atoms with Gasteiger partial charge in [0.25, 0.3) is 5.91 Å². The third kappa shape index (κ3) is 3.72.